The number of aromatic nitrogens is 4. The van der Waals surface area contributed by atoms with Crippen LogP contribution in [0.4, 0.5) is 4.39 Å². The summed E-state index contributed by atoms with van der Waals surface area (Å²) in [4.78, 5) is 4.03. The highest BCUT2D eigenvalue weighted by Gasteiger charge is 2.16. The molecule has 5 nitrogen and oxygen atoms in total. The lowest BCUT2D eigenvalue weighted by molar-refractivity contribution is 0.627. The predicted octanol–water partition coefficient (Wildman–Crippen LogP) is 2.34. The van der Waals surface area contributed by atoms with E-state index in [2.05, 4.69) is 15.3 Å². The first-order chi connectivity index (χ1) is 9.79. The van der Waals surface area contributed by atoms with E-state index in [-0.39, 0.29) is 11.5 Å². The molecule has 0 saturated carbocycles. The number of nitriles is 1. The average Bonchev–Trinajstić information content (AvgIpc) is 2.93. The van der Waals surface area contributed by atoms with Gasteiger partial charge in [0.05, 0.1) is 5.69 Å². The molecule has 0 unspecified atom stereocenters. The highest BCUT2D eigenvalue weighted by molar-refractivity contribution is 5.66. The molecule has 1 aromatic carbocycles. The van der Waals surface area contributed by atoms with Crippen molar-refractivity contribution in [3.8, 4) is 23.0 Å². The van der Waals surface area contributed by atoms with E-state index in [0.29, 0.717) is 11.4 Å². The molecule has 0 aliphatic rings. The number of hydrogen-bond donors (Lipinski definition) is 0. The van der Waals surface area contributed by atoms with Crippen molar-refractivity contribution in [3.63, 3.8) is 0 Å². The second-order valence-electron chi connectivity index (χ2n) is 4.03. The summed E-state index contributed by atoms with van der Waals surface area (Å²) in [6.45, 7) is 0. The third-order valence-electron chi connectivity index (χ3n) is 2.78. The van der Waals surface area contributed by atoms with Crippen LogP contribution in [-0.4, -0.2) is 20.0 Å². The third kappa shape index (κ3) is 2.01. The van der Waals surface area contributed by atoms with Gasteiger partial charge in [0.15, 0.2) is 5.69 Å². The zero-order chi connectivity index (χ0) is 13.9. The van der Waals surface area contributed by atoms with Crippen molar-refractivity contribution in [2.45, 2.75) is 0 Å². The second-order valence-corrected chi connectivity index (χ2v) is 4.03. The summed E-state index contributed by atoms with van der Waals surface area (Å²) in [6.07, 6.45) is 3.27. The van der Waals surface area contributed by atoms with Crippen LogP contribution in [0.25, 0.3) is 16.9 Å². The lowest BCUT2D eigenvalue weighted by Crippen LogP contribution is -2.00. The largest absolute Gasteiger partial charge is 0.264 e. The van der Waals surface area contributed by atoms with Gasteiger partial charge in [0.2, 0.25) is 0 Å². The molecule has 0 N–H and O–H groups in total. The van der Waals surface area contributed by atoms with Gasteiger partial charge in [-0.15, -0.1) is 5.10 Å². The molecule has 0 bridgehead atoms. The summed E-state index contributed by atoms with van der Waals surface area (Å²) in [5.41, 5.74) is 2.08. The van der Waals surface area contributed by atoms with E-state index in [1.165, 1.54) is 16.8 Å². The van der Waals surface area contributed by atoms with Gasteiger partial charge < -0.3 is 0 Å². The molecule has 0 aliphatic carbocycles. The number of halogens is 1. The third-order valence-corrected chi connectivity index (χ3v) is 2.78. The molecule has 6 heteroatoms. The quantitative estimate of drug-likeness (QED) is 0.713. The SMILES string of the molecule is N#Cc1nnn(-c2ccc(F)cc2)c1-c1cccnc1. The first-order valence-corrected chi connectivity index (χ1v) is 5.82. The van der Waals surface area contributed by atoms with Crippen LogP contribution in [0, 0.1) is 17.1 Å². The van der Waals surface area contributed by atoms with E-state index < -0.39 is 0 Å². The van der Waals surface area contributed by atoms with Crippen LogP contribution in [-0.2, 0) is 0 Å². The Labute approximate surface area is 113 Å². The lowest BCUT2D eigenvalue weighted by atomic mass is 10.1. The Hall–Kier alpha value is -3.07. The van der Waals surface area contributed by atoms with Gasteiger partial charge in [-0.1, -0.05) is 5.21 Å². The standard InChI is InChI=1S/C14H8FN5/c15-11-3-5-12(6-4-11)20-14(13(8-16)18-19-20)10-2-1-7-17-9-10/h1-7,9H. The summed E-state index contributed by atoms with van der Waals surface area (Å²) in [5, 5.41) is 16.9. The topological polar surface area (TPSA) is 67.4 Å². The summed E-state index contributed by atoms with van der Waals surface area (Å²) in [5.74, 6) is -0.336. The van der Waals surface area contributed by atoms with Crippen LogP contribution in [0.5, 0.6) is 0 Å². The van der Waals surface area contributed by atoms with Gasteiger partial charge >= 0.3 is 0 Å². The van der Waals surface area contributed by atoms with Crippen molar-refractivity contribution in [2.75, 3.05) is 0 Å². The van der Waals surface area contributed by atoms with Crippen molar-refractivity contribution < 1.29 is 4.39 Å². The van der Waals surface area contributed by atoms with Gasteiger partial charge in [-0.25, -0.2) is 9.07 Å². The minimum absolute atomic E-state index is 0.197. The predicted molar refractivity (Wildman–Crippen MR) is 69.3 cm³/mol. The van der Waals surface area contributed by atoms with Crippen LogP contribution < -0.4 is 0 Å². The van der Waals surface area contributed by atoms with Crippen LogP contribution in [0.3, 0.4) is 0 Å². The highest BCUT2D eigenvalue weighted by Crippen LogP contribution is 2.24. The monoisotopic (exact) mass is 265 g/mol. The Morgan fingerprint density at radius 1 is 1.15 bits per heavy atom. The molecule has 0 aliphatic heterocycles. The van der Waals surface area contributed by atoms with E-state index in [1.807, 2.05) is 12.1 Å². The molecule has 0 radical (unpaired) electrons. The smallest absolute Gasteiger partial charge is 0.191 e. The minimum atomic E-state index is -0.336. The van der Waals surface area contributed by atoms with Gasteiger partial charge in [0, 0.05) is 18.0 Å². The normalized spacial score (nSPS) is 10.2. The van der Waals surface area contributed by atoms with Crippen molar-refractivity contribution >= 4 is 0 Å². The number of benzene rings is 1. The van der Waals surface area contributed by atoms with Crippen LogP contribution in [0.15, 0.2) is 48.8 Å². The molecule has 3 aromatic rings. The molecule has 0 amide bonds. The highest BCUT2D eigenvalue weighted by atomic mass is 19.1. The zero-order valence-corrected chi connectivity index (χ0v) is 10.2. The number of rotatable bonds is 2. The van der Waals surface area contributed by atoms with Gasteiger partial charge in [-0.3, -0.25) is 4.98 Å². The number of pyridine rings is 1. The Kier molecular flexibility index (Phi) is 2.94. The van der Waals surface area contributed by atoms with Crippen LogP contribution in [0.1, 0.15) is 5.69 Å². The maximum absolute atomic E-state index is 13.0. The van der Waals surface area contributed by atoms with Crippen LogP contribution >= 0.6 is 0 Å². The molecule has 0 fully saturated rings. The first-order valence-electron chi connectivity index (χ1n) is 5.82. The van der Waals surface area contributed by atoms with E-state index >= 15 is 0 Å². The fourth-order valence-corrected chi connectivity index (χ4v) is 1.88. The number of nitrogens with zero attached hydrogens (tertiary/aromatic N) is 5. The Bertz CT molecular complexity index is 772. The molecule has 96 valence electrons. The fraction of sp³-hybridized carbons (Fsp3) is 0. The molecular formula is C14H8FN5. The van der Waals surface area contributed by atoms with Crippen molar-refractivity contribution in [2.24, 2.45) is 0 Å². The van der Waals surface area contributed by atoms with Gasteiger partial charge in [0.25, 0.3) is 0 Å². The summed E-state index contributed by atoms with van der Waals surface area (Å²) >= 11 is 0. The maximum Gasteiger partial charge on any atom is 0.191 e. The molecule has 20 heavy (non-hydrogen) atoms. The molecule has 3 rings (SSSR count). The molecular weight excluding hydrogens is 257 g/mol. The Balaban J connectivity index is 2.21. The summed E-state index contributed by atoms with van der Waals surface area (Å²) < 4.78 is 14.5. The van der Waals surface area contributed by atoms with E-state index in [0.717, 1.165) is 5.56 Å². The Morgan fingerprint density at radius 2 is 1.95 bits per heavy atom. The average molecular weight is 265 g/mol. The van der Waals surface area contributed by atoms with Crippen molar-refractivity contribution in [1.29, 1.82) is 5.26 Å². The maximum atomic E-state index is 13.0. The summed E-state index contributed by atoms with van der Waals surface area (Å²) in [6, 6.07) is 11.4. The van der Waals surface area contributed by atoms with E-state index in [1.54, 1.807) is 30.6 Å². The second kappa shape index (κ2) is 4.90. The minimum Gasteiger partial charge on any atom is -0.264 e. The van der Waals surface area contributed by atoms with Gasteiger partial charge in [-0.05, 0) is 36.4 Å². The molecule has 0 spiro atoms. The number of hydrogen-bond acceptors (Lipinski definition) is 4. The molecule has 2 heterocycles. The Morgan fingerprint density at radius 3 is 2.60 bits per heavy atom. The zero-order valence-electron chi connectivity index (χ0n) is 10.2. The van der Waals surface area contributed by atoms with Gasteiger partial charge in [0.1, 0.15) is 17.6 Å². The molecule has 0 saturated heterocycles. The van der Waals surface area contributed by atoms with E-state index in [9.17, 15) is 4.39 Å². The van der Waals surface area contributed by atoms with Crippen molar-refractivity contribution in [1.82, 2.24) is 20.0 Å². The first kappa shape index (κ1) is 12.0. The van der Waals surface area contributed by atoms with Gasteiger partial charge in [-0.2, -0.15) is 5.26 Å². The lowest BCUT2D eigenvalue weighted by Gasteiger charge is -2.06. The van der Waals surface area contributed by atoms with E-state index in [4.69, 9.17) is 5.26 Å². The van der Waals surface area contributed by atoms with Crippen molar-refractivity contribution in [3.05, 3.63) is 60.3 Å². The summed E-state index contributed by atoms with van der Waals surface area (Å²) in [7, 11) is 0. The van der Waals surface area contributed by atoms with Crippen LogP contribution in [0.2, 0.25) is 0 Å². The molecule has 2 aromatic heterocycles. The molecule has 0 atom stereocenters. The fourth-order valence-electron chi connectivity index (χ4n) is 1.88.